The molecule has 1 amide bonds. The molecule has 0 unspecified atom stereocenters. The Balaban J connectivity index is 2.62. The molecule has 1 heterocycles. The molecule has 1 aromatic carbocycles. The van der Waals surface area contributed by atoms with Gasteiger partial charge in [-0.1, -0.05) is 11.6 Å². The molecule has 0 atom stereocenters. The van der Waals surface area contributed by atoms with Gasteiger partial charge in [-0.05, 0) is 32.0 Å². The van der Waals surface area contributed by atoms with Crippen LogP contribution in [0.4, 0.5) is 0 Å². The van der Waals surface area contributed by atoms with Crippen LogP contribution < -0.4 is 10.1 Å². The predicted molar refractivity (Wildman–Crippen MR) is 69.8 cm³/mol. The highest BCUT2D eigenvalue weighted by Crippen LogP contribution is 2.36. The lowest BCUT2D eigenvalue weighted by Crippen LogP contribution is -2.38. The van der Waals surface area contributed by atoms with Gasteiger partial charge in [-0.2, -0.15) is 0 Å². The van der Waals surface area contributed by atoms with Crippen LogP contribution >= 0.6 is 11.6 Å². The summed E-state index contributed by atoms with van der Waals surface area (Å²) in [4.78, 5) is 11.9. The Hall–Kier alpha value is -1.68. The minimum absolute atomic E-state index is 0.00752. The first kappa shape index (κ1) is 12.8. The molecule has 2 N–H and O–H groups in total. The summed E-state index contributed by atoms with van der Waals surface area (Å²) in [6.45, 7) is 3.46. The highest BCUT2D eigenvalue weighted by Gasteiger charge is 2.39. The number of nitrogens with one attached hydrogen (secondary N) is 1. The number of carbonyl (C=O) groups is 1. The zero-order chi connectivity index (χ0) is 13.5. The topological polar surface area (TPSA) is 58.6 Å². The van der Waals surface area contributed by atoms with E-state index in [2.05, 4.69) is 5.32 Å². The molecule has 0 spiro atoms. The fraction of sp³-hybridized carbons (Fsp3) is 0.308. The molecule has 2 rings (SSSR count). The highest BCUT2D eigenvalue weighted by molar-refractivity contribution is 6.31. The van der Waals surface area contributed by atoms with Crippen molar-refractivity contribution in [3.05, 3.63) is 34.5 Å². The van der Waals surface area contributed by atoms with Crippen LogP contribution in [0.1, 0.15) is 19.4 Å². The number of hydrogen-bond donors (Lipinski definition) is 2. The summed E-state index contributed by atoms with van der Waals surface area (Å²) in [5.41, 5.74) is -0.00662. The average Bonchev–Trinajstić information content (AvgIpc) is 2.49. The van der Waals surface area contributed by atoms with Crippen LogP contribution in [-0.2, 0) is 4.79 Å². The summed E-state index contributed by atoms with van der Waals surface area (Å²) in [6, 6.07) is 4.92. The molecule has 4 nitrogen and oxygen atoms in total. The molecule has 0 saturated carbocycles. The van der Waals surface area contributed by atoms with Gasteiger partial charge < -0.3 is 15.2 Å². The number of aliphatic hydroxyl groups excluding tert-OH is 1. The van der Waals surface area contributed by atoms with E-state index in [1.54, 1.807) is 32.0 Å². The molecule has 0 fully saturated rings. The van der Waals surface area contributed by atoms with E-state index in [-0.39, 0.29) is 17.2 Å². The Labute approximate surface area is 110 Å². The lowest BCUT2D eigenvalue weighted by Gasteiger charge is -2.17. The third-order valence-corrected chi connectivity index (χ3v) is 3.15. The standard InChI is InChI=1S/C13H14ClNO3/c1-13(2)11(16)10(12(17)15-13)8-5-4-7(14)6-9(8)18-3/h4-6,16H,1-3H3,(H,15,17). The quantitative estimate of drug-likeness (QED) is 0.866. The lowest BCUT2D eigenvalue weighted by molar-refractivity contribution is -0.115. The molecule has 0 radical (unpaired) electrons. The zero-order valence-corrected chi connectivity index (χ0v) is 11.1. The third-order valence-electron chi connectivity index (χ3n) is 2.91. The van der Waals surface area contributed by atoms with E-state index in [4.69, 9.17) is 16.3 Å². The first-order valence-electron chi connectivity index (χ1n) is 5.47. The number of halogens is 1. The second-order valence-electron chi connectivity index (χ2n) is 4.65. The van der Waals surface area contributed by atoms with Crippen molar-refractivity contribution >= 4 is 23.1 Å². The maximum absolute atomic E-state index is 11.9. The van der Waals surface area contributed by atoms with Crippen LogP contribution in [0.25, 0.3) is 5.57 Å². The third kappa shape index (κ3) is 1.93. The summed E-state index contributed by atoms with van der Waals surface area (Å²) in [5.74, 6) is 0.142. The largest absolute Gasteiger partial charge is 0.509 e. The first-order chi connectivity index (χ1) is 8.36. The summed E-state index contributed by atoms with van der Waals surface area (Å²) in [6.07, 6.45) is 0. The number of methoxy groups -OCH3 is 1. The van der Waals surface area contributed by atoms with Gasteiger partial charge in [0.25, 0.3) is 5.91 Å². The number of hydrogen-bond acceptors (Lipinski definition) is 3. The van der Waals surface area contributed by atoms with E-state index in [1.165, 1.54) is 7.11 Å². The van der Waals surface area contributed by atoms with Crippen molar-refractivity contribution in [2.45, 2.75) is 19.4 Å². The van der Waals surface area contributed by atoms with Crippen LogP contribution in [-0.4, -0.2) is 23.7 Å². The monoisotopic (exact) mass is 267 g/mol. The Bertz CT molecular complexity index is 549. The lowest BCUT2D eigenvalue weighted by atomic mass is 9.99. The van der Waals surface area contributed by atoms with Gasteiger partial charge >= 0.3 is 0 Å². The van der Waals surface area contributed by atoms with Gasteiger partial charge in [-0.3, -0.25) is 4.79 Å². The zero-order valence-electron chi connectivity index (χ0n) is 10.4. The van der Waals surface area contributed by atoms with E-state index in [0.717, 1.165) is 0 Å². The van der Waals surface area contributed by atoms with Gasteiger partial charge in [-0.25, -0.2) is 0 Å². The van der Waals surface area contributed by atoms with E-state index >= 15 is 0 Å². The minimum atomic E-state index is -0.767. The van der Waals surface area contributed by atoms with E-state index in [9.17, 15) is 9.90 Å². The van der Waals surface area contributed by atoms with Crippen LogP contribution in [0.5, 0.6) is 5.75 Å². The van der Waals surface area contributed by atoms with Crippen LogP contribution in [0, 0.1) is 0 Å². The fourth-order valence-electron chi connectivity index (χ4n) is 1.95. The van der Waals surface area contributed by atoms with Crippen molar-refractivity contribution in [1.29, 1.82) is 0 Å². The summed E-state index contributed by atoms with van der Waals surface area (Å²) >= 11 is 5.87. The Kier molecular flexibility index (Phi) is 2.99. The SMILES string of the molecule is COc1cc(Cl)ccc1C1=C(O)C(C)(C)NC1=O. The van der Waals surface area contributed by atoms with Crippen molar-refractivity contribution in [2.75, 3.05) is 7.11 Å². The maximum atomic E-state index is 11.9. The molecular weight excluding hydrogens is 254 g/mol. The fourth-order valence-corrected chi connectivity index (χ4v) is 2.11. The van der Waals surface area contributed by atoms with E-state index < -0.39 is 5.54 Å². The smallest absolute Gasteiger partial charge is 0.256 e. The summed E-state index contributed by atoms with van der Waals surface area (Å²) < 4.78 is 5.19. The number of aliphatic hydroxyl groups is 1. The first-order valence-corrected chi connectivity index (χ1v) is 5.85. The van der Waals surface area contributed by atoms with Crippen molar-refractivity contribution in [3.8, 4) is 5.75 Å². The summed E-state index contributed by atoms with van der Waals surface area (Å²) in [5, 5.41) is 13.4. The van der Waals surface area contributed by atoms with Gasteiger partial charge in [-0.15, -0.1) is 0 Å². The molecule has 18 heavy (non-hydrogen) atoms. The summed E-state index contributed by atoms with van der Waals surface area (Å²) in [7, 11) is 1.49. The molecule has 0 aliphatic carbocycles. The highest BCUT2D eigenvalue weighted by atomic mass is 35.5. The van der Waals surface area contributed by atoms with Gasteiger partial charge in [0.1, 0.15) is 11.5 Å². The number of rotatable bonds is 2. The molecule has 0 bridgehead atoms. The average molecular weight is 268 g/mol. The normalized spacial score (nSPS) is 17.9. The van der Waals surface area contributed by atoms with Gasteiger partial charge in [0.2, 0.25) is 0 Å². The Morgan fingerprint density at radius 3 is 2.56 bits per heavy atom. The van der Waals surface area contributed by atoms with Crippen LogP contribution in [0.2, 0.25) is 5.02 Å². The number of ether oxygens (including phenoxy) is 1. The van der Waals surface area contributed by atoms with Crippen molar-refractivity contribution < 1.29 is 14.6 Å². The van der Waals surface area contributed by atoms with Gasteiger partial charge in [0, 0.05) is 10.6 Å². The minimum Gasteiger partial charge on any atom is -0.509 e. The van der Waals surface area contributed by atoms with Crippen LogP contribution in [0.3, 0.4) is 0 Å². The molecule has 96 valence electrons. The number of amides is 1. The molecule has 1 aromatic rings. The maximum Gasteiger partial charge on any atom is 0.256 e. The van der Waals surface area contributed by atoms with Gasteiger partial charge in [0.15, 0.2) is 0 Å². The van der Waals surface area contributed by atoms with Crippen molar-refractivity contribution in [2.24, 2.45) is 0 Å². The molecule has 0 aromatic heterocycles. The second-order valence-corrected chi connectivity index (χ2v) is 5.08. The van der Waals surface area contributed by atoms with Crippen molar-refractivity contribution in [1.82, 2.24) is 5.32 Å². The Morgan fingerprint density at radius 1 is 1.39 bits per heavy atom. The molecular formula is C13H14ClNO3. The second kappa shape index (κ2) is 4.21. The predicted octanol–water partition coefficient (Wildman–Crippen LogP) is 2.53. The molecule has 1 aliphatic rings. The van der Waals surface area contributed by atoms with E-state index in [1.807, 2.05) is 0 Å². The van der Waals surface area contributed by atoms with Crippen LogP contribution in [0.15, 0.2) is 24.0 Å². The Morgan fingerprint density at radius 2 is 2.06 bits per heavy atom. The van der Waals surface area contributed by atoms with Gasteiger partial charge in [0.05, 0.1) is 18.2 Å². The van der Waals surface area contributed by atoms with Crippen molar-refractivity contribution in [3.63, 3.8) is 0 Å². The number of carbonyl (C=O) groups excluding carboxylic acids is 1. The number of benzene rings is 1. The molecule has 0 saturated heterocycles. The molecule has 5 heteroatoms. The van der Waals surface area contributed by atoms with E-state index in [0.29, 0.717) is 16.3 Å². The molecule has 1 aliphatic heterocycles.